The summed E-state index contributed by atoms with van der Waals surface area (Å²) in [7, 11) is 0. The van der Waals surface area contributed by atoms with Crippen LogP contribution < -0.4 is 0 Å². The molecule has 1 aliphatic heterocycles. The largest absolute Gasteiger partial charge is 0.406 e. The molecule has 2 aromatic rings. The van der Waals surface area contributed by atoms with Gasteiger partial charge in [0.15, 0.2) is 0 Å². The van der Waals surface area contributed by atoms with Gasteiger partial charge < -0.3 is 9.80 Å². The molecule has 1 fully saturated rings. The predicted molar refractivity (Wildman–Crippen MR) is 90.8 cm³/mol. The first-order chi connectivity index (χ1) is 12.2. The number of alkyl halides is 3. The maximum atomic E-state index is 12.6. The van der Waals surface area contributed by atoms with Crippen molar-refractivity contribution in [2.75, 3.05) is 26.2 Å². The second-order valence-corrected chi connectivity index (χ2v) is 7.05. The van der Waals surface area contributed by atoms with Gasteiger partial charge in [0.2, 0.25) is 5.91 Å². The van der Waals surface area contributed by atoms with Gasteiger partial charge in [-0.2, -0.15) is 13.2 Å². The van der Waals surface area contributed by atoms with E-state index >= 15 is 0 Å². The number of aryl methyl sites for hydroxylation is 1. The molecule has 0 aliphatic carbocycles. The van der Waals surface area contributed by atoms with Crippen LogP contribution in [0.25, 0.3) is 11.3 Å². The number of halogens is 3. The number of aromatic nitrogens is 1. The summed E-state index contributed by atoms with van der Waals surface area (Å²) in [6.45, 7) is 0.187. The zero-order valence-corrected chi connectivity index (χ0v) is 14.7. The molecule has 138 valence electrons. The molecule has 1 saturated heterocycles. The van der Waals surface area contributed by atoms with Crippen molar-refractivity contribution >= 4 is 23.2 Å². The first-order valence-corrected chi connectivity index (χ1v) is 8.77. The molecule has 3 rings (SSSR count). The third kappa shape index (κ3) is 4.21. The Morgan fingerprint density at radius 2 is 2.08 bits per heavy atom. The molecule has 0 bridgehead atoms. The highest BCUT2D eigenvalue weighted by atomic mass is 32.1. The van der Waals surface area contributed by atoms with Gasteiger partial charge in [-0.05, 0) is 19.1 Å². The minimum absolute atomic E-state index is 0.0701. The van der Waals surface area contributed by atoms with E-state index in [1.54, 1.807) is 18.2 Å². The molecular weight excluding hydrogens is 367 g/mol. The average molecular weight is 383 g/mol. The summed E-state index contributed by atoms with van der Waals surface area (Å²) >= 11 is 1.50. The number of rotatable bonds is 3. The van der Waals surface area contributed by atoms with Gasteiger partial charge in [0.25, 0.3) is 5.91 Å². The quantitative estimate of drug-likeness (QED) is 0.819. The van der Waals surface area contributed by atoms with Crippen molar-refractivity contribution in [2.45, 2.75) is 13.1 Å². The topological polar surface area (TPSA) is 53.5 Å². The normalized spacial score (nSPS) is 15.5. The van der Waals surface area contributed by atoms with Crippen molar-refractivity contribution in [1.82, 2.24) is 14.8 Å². The van der Waals surface area contributed by atoms with Gasteiger partial charge in [0, 0.05) is 29.6 Å². The maximum Gasteiger partial charge on any atom is 0.406 e. The number of hydrogen-bond acceptors (Lipinski definition) is 4. The highest BCUT2D eigenvalue weighted by Gasteiger charge is 2.36. The van der Waals surface area contributed by atoms with Gasteiger partial charge in [-0.25, -0.2) is 4.98 Å². The van der Waals surface area contributed by atoms with Crippen LogP contribution >= 0.6 is 11.3 Å². The van der Waals surface area contributed by atoms with Crippen molar-refractivity contribution in [2.24, 2.45) is 0 Å². The summed E-state index contributed by atoms with van der Waals surface area (Å²) in [6.07, 6.45) is -4.44. The Hall–Kier alpha value is -2.42. The number of carbonyl (C=O) groups is 2. The van der Waals surface area contributed by atoms with E-state index in [1.165, 1.54) is 16.2 Å². The predicted octanol–water partition coefficient (Wildman–Crippen LogP) is 2.97. The van der Waals surface area contributed by atoms with E-state index in [0.717, 1.165) is 21.2 Å². The molecule has 0 atom stereocenters. The van der Waals surface area contributed by atoms with Crippen LogP contribution in [0.5, 0.6) is 0 Å². The fourth-order valence-corrected chi connectivity index (χ4v) is 3.38. The number of thiazole rings is 1. The Labute approximate surface area is 152 Å². The van der Waals surface area contributed by atoms with Crippen LogP contribution in [-0.4, -0.2) is 59.0 Å². The summed E-state index contributed by atoms with van der Waals surface area (Å²) in [6, 6.07) is 6.86. The standard InChI is InChI=1S/C17H16F3N3O2S/c1-11-21-14(9-26-11)12-3-2-4-13(7-12)16(25)22-5-6-23(15(24)8-22)10-17(18,19)20/h2-4,7,9H,5-6,8,10H2,1H3. The van der Waals surface area contributed by atoms with Crippen molar-refractivity contribution in [3.05, 3.63) is 40.2 Å². The highest BCUT2D eigenvalue weighted by molar-refractivity contribution is 7.09. The lowest BCUT2D eigenvalue weighted by Gasteiger charge is -2.34. The third-order valence-corrected chi connectivity index (χ3v) is 4.77. The molecule has 1 aromatic heterocycles. The second-order valence-electron chi connectivity index (χ2n) is 5.99. The zero-order chi connectivity index (χ0) is 18.9. The molecule has 0 N–H and O–H groups in total. The molecule has 2 amide bonds. The van der Waals surface area contributed by atoms with E-state index < -0.39 is 18.6 Å². The van der Waals surface area contributed by atoms with E-state index in [9.17, 15) is 22.8 Å². The van der Waals surface area contributed by atoms with E-state index in [2.05, 4.69) is 4.98 Å². The smallest absolute Gasteiger partial charge is 0.330 e. The van der Waals surface area contributed by atoms with E-state index in [4.69, 9.17) is 0 Å². The molecule has 2 heterocycles. The van der Waals surface area contributed by atoms with Gasteiger partial charge in [0.1, 0.15) is 13.1 Å². The van der Waals surface area contributed by atoms with E-state index in [-0.39, 0.29) is 25.5 Å². The Morgan fingerprint density at radius 1 is 1.31 bits per heavy atom. The lowest BCUT2D eigenvalue weighted by atomic mass is 10.1. The van der Waals surface area contributed by atoms with Gasteiger partial charge in [-0.3, -0.25) is 9.59 Å². The van der Waals surface area contributed by atoms with Crippen molar-refractivity contribution in [3.8, 4) is 11.3 Å². The lowest BCUT2D eigenvalue weighted by Crippen LogP contribution is -2.54. The first kappa shape index (κ1) is 18.4. The minimum atomic E-state index is -4.44. The van der Waals surface area contributed by atoms with Crippen LogP contribution in [0.1, 0.15) is 15.4 Å². The molecule has 1 aliphatic rings. The van der Waals surface area contributed by atoms with E-state index in [1.807, 2.05) is 18.4 Å². The van der Waals surface area contributed by atoms with E-state index in [0.29, 0.717) is 5.56 Å². The van der Waals surface area contributed by atoms with Crippen molar-refractivity contribution < 1.29 is 22.8 Å². The van der Waals surface area contributed by atoms with Gasteiger partial charge >= 0.3 is 6.18 Å². The zero-order valence-electron chi connectivity index (χ0n) is 13.9. The van der Waals surface area contributed by atoms with Gasteiger partial charge in [0.05, 0.1) is 10.7 Å². The molecule has 0 spiro atoms. The SMILES string of the molecule is Cc1nc(-c2cccc(C(=O)N3CCN(CC(F)(F)F)C(=O)C3)c2)cs1. The van der Waals surface area contributed by atoms with Crippen molar-refractivity contribution in [3.63, 3.8) is 0 Å². The highest BCUT2D eigenvalue weighted by Crippen LogP contribution is 2.23. The number of nitrogens with zero attached hydrogens (tertiary/aromatic N) is 3. The van der Waals surface area contributed by atoms with Crippen LogP contribution in [0, 0.1) is 6.92 Å². The number of hydrogen-bond donors (Lipinski definition) is 0. The summed E-state index contributed by atoms with van der Waals surface area (Å²) in [5, 5.41) is 2.79. The fraction of sp³-hybridized carbons (Fsp3) is 0.353. The molecule has 26 heavy (non-hydrogen) atoms. The minimum Gasteiger partial charge on any atom is -0.330 e. The summed E-state index contributed by atoms with van der Waals surface area (Å²) in [5.41, 5.74) is 1.92. The van der Waals surface area contributed by atoms with Crippen LogP contribution in [-0.2, 0) is 4.79 Å². The Bertz CT molecular complexity index is 835. The number of benzene rings is 1. The van der Waals surface area contributed by atoms with Crippen LogP contribution in [0.4, 0.5) is 13.2 Å². The van der Waals surface area contributed by atoms with Crippen molar-refractivity contribution in [1.29, 1.82) is 0 Å². The summed E-state index contributed by atoms with van der Waals surface area (Å²) in [5.74, 6) is -1.08. The average Bonchev–Trinajstić information content (AvgIpc) is 3.01. The van der Waals surface area contributed by atoms with Gasteiger partial charge in [-0.1, -0.05) is 12.1 Å². The monoisotopic (exact) mass is 383 g/mol. The Morgan fingerprint density at radius 3 is 2.69 bits per heavy atom. The third-order valence-electron chi connectivity index (χ3n) is 4.00. The maximum absolute atomic E-state index is 12.6. The number of piperazine rings is 1. The summed E-state index contributed by atoms with van der Waals surface area (Å²) < 4.78 is 37.4. The Kier molecular flexibility index (Phi) is 4.99. The molecule has 0 radical (unpaired) electrons. The Balaban J connectivity index is 1.72. The second kappa shape index (κ2) is 7.06. The van der Waals surface area contributed by atoms with Crippen LogP contribution in [0.2, 0.25) is 0 Å². The molecular formula is C17H16F3N3O2S. The lowest BCUT2D eigenvalue weighted by molar-refractivity contribution is -0.164. The molecule has 0 unspecified atom stereocenters. The molecule has 0 saturated carbocycles. The number of amides is 2. The molecule has 9 heteroatoms. The summed E-state index contributed by atoms with van der Waals surface area (Å²) in [4.78, 5) is 31.0. The van der Waals surface area contributed by atoms with Gasteiger partial charge in [-0.15, -0.1) is 11.3 Å². The fourth-order valence-electron chi connectivity index (χ4n) is 2.76. The molecule has 5 nitrogen and oxygen atoms in total. The number of carbonyl (C=O) groups excluding carboxylic acids is 2. The first-order valence-electron chi connectivity index (χ1n) is 7.89. The molecule has 1 aromatic carbocycles. The van der Waals surface area contributed by atoms with Crippen LogP contribution in [0.3, 0.4) is 0 Å². The van der Waals surface area contributed by atoms with Crippen LogP contribution in [0.15, 0.2) is 29.6 Å².